The predicted octanol–water partition coefficient (Wildman–Crippen LogP) is 5.51. The maximum atomic E-state index is 13.4. The molecule has 0 bridgehead atoms. The Bertz CT molecular complexity index is 1240. The van der Waals surface area contributed by atoms with Gasteiger partial charge in [0.2, 0.25) is 0 Å². The van der Waals surface area contributed by atoms with Crippen LogP contribution in [0.5, 0.6) is 5.75 Å². The normalized spacial score (nSPS) is 11.5. The Hall–Kier alpha value is -2.90. The van der Waals surface area contributed by atoms with Crippen molar-refractivity contribution >= 4 is 43.6 Å². The van der Waals surface area contributed by atoms with Crippen molar-refractivity contribution in [3.8, 4) is 5.75 Å². The average Bonchev–Trinajstić information content (AvgIpc) is 2.76. The summed E-state index contributed by atoms with van der Waals surface area (Å²) in [4.78, 5) is 13.3. The largest absolute Gasteiger partial charge is 0.496 e. The molecule has 31 heavy (non-hydrogen) atoms. The third kappa shape index (κ3) is 4.89. The van der Waals surface area contributed by atoms with Crippen molar-refractivity contribution in [3.63, 3.8) is 0 Å². The number of hydrogen-bond donors (Lipinski definition) is 0. The Morgan fingerprint density at radius 2 is 1.71 bits per heavy atom. The van der Waals surface area contributed by atoms with E-state index < -0.39 is 15.9 Å². The smallest absolute Gasteiger partial charge is 0.271 e. The van der Waals surface area contributed by atoms with Crippen molar-refractivity contribution in [3.05, 3.63) is 94.0 Å². The number of aryl methyl sites for hydroxylation is 1. The SMILES string of the molecule is COc1ccc(/C=C/C(=O)N(c2cccc(C)c2C)S(=O)(=O)c2ccccc2)cc1Br. The van der Waals surface area contributed by atoms with Gasteiger partial charge in [-0.05, 0) is 82.9 Å². The Labute approximate surface area is 191 Å². The highest BCUT2D eigenvalue weighted by Gasteiger charge is 2.30. The first-order valence-corrected chi connectivity index (χ1v) is 11.7. The van der Waals surface area contributed by atoms with E-state index in [2.05, 4.69) is 15.9 Å². The lowest BCUT2D eigenvalue weighted by Gasteiger charge is -2.24. The summed E-state index contributed by atoms with van der Waals surface area (Å²) in [5, 5.41) is 0. The second kappa shape index (κ2) is 9.49. The first-order valence-electron chi connectivity index (χ1n) is 9.48. The fourth-order valence-corrected chi connectivity index (χ4v) is 5.07. The highest BCUT2D eigenvalue weighted by Crippen LogP contribution is 2.30. The van der Waals surface area contributed by atoms with Crippen molar-refractivity contribution in [2.45, 2.75) is 18.7 Å². The molecule has 0 unspecified atom stereocenters. The molecule has 1 amide bonds. The molecular weight excluding hydrogens is 478 g/mol. The molecule has 0 aliphatic rings. The van der Waals surface area contributed by atoms with E-state index in [1.807, 2.05) is 13.0 Å². The molecule has 160 valence electrons. The Morgan fingerprint density at radius 1 is 1.00 bits per heavy atom. The Balaban J connectivity index is 2.07. The van der Waals surface area contributed by atoms with Crippen molar-refractivity contribution in [1.82, 2.24) is 0 Å². The summed E-state index contributed by atoms with van der Waals surface area (Å²) in [7, 11) is -2.55. The molecule has 0 saturated heterocycles. The minimum atomic E-state index is -4.11. The molecule has 0 spiro atoms. The number of halogens is 1. The number of hydrogen-bond acceptors (Lipinski definition) is 4. The maximum Gasteiger partial charge on any atom is 0.271 e. The highest BCUT2D eigenvalue weighted by atomic mass is 79.9. The molecule has 0 N–H and O–H groups in total. The lowest BCUT2D eigenvalue weighted by Crippen LogP contribution is -2.36. The molecule has 3 aromatic rings. The van der Waals surface area contributed by atoms with E-state index in [0.717, 1.165) is 25.5 Å². The number of carbonyl (C=O) groups is 1. The van der Waals surface area contributed by atoms with E-state index in [0.29, 0.717) is 11.4 Å². The van der Waals surface area contributed by atoms with E-state index >= 15 is 0 Å². The molecule has 0 aliphatic heterocycles. The summed E-state index contributed by atoms with van der Waals surface area (Å²) < 4.78 is 33.7. The number of sulfonamides is 1. The van der Waals surface area contributed by atoms with Gasteiger partial charge >= 0.3 is 0 Å². The van der Waals surface area contributed by atoms with Crippen LogP contribution in [0.15, 0.2) is 82.2 Å². The number of rotatable bonds is 6. The van der Waals surface area contributed by atoms with Crippen molar-refractivity contribution in [2.75, 3.05) is 11.4 Å². The fraction of sp³-hybridized carbons (Fsp3) is 0.125. The van der Waals surface area contributed by atoms with E-state index in [9.17, 15) is 13.2 Å². The number of anilines is 1. The van der Waals surface area contributed by atoms with Crippen LogP contribution in [0.3, 0.4) is 0 Å². The summed E-state index contributed by atoms with van der Waals surface area (Å²) >= 11 is 3.41. The highest BCUT2D eigenvalue weighted by molar-refractivity contribution is 9.10. The lowest BCUT2D eigenvalue weighted by molar-refractivity contribution is -0.113. The van der Waals surface area contributed by atoms with E-state index in [-0.39, 0.29) is 4.90 Å². The van der Waals surface area contributed by atoms with Crippen LogP contribution in [0.1, 0.15) is 16.7 Å². The van der Waals surface area contributed by atoms with Gasteiger partial charge in [0, 0.05) is 6.08 Å². The molecule has 0 heterocycles. The Kier molecular flexibility index (Phi) is 6.97. The number of amides is 1. The summed E-state index contributed by atoms with van der Waals surface area (Å²) in [6, 6.07) is 18.5. The van der Waals surface area contributed by atoms with Crippen molar-refractivity contribution in [2.24, 2.45) is 0 Å². The second-order valence-electron chi connectivity index (χ2n) is 6.87. The molecule has 0 fully saturated rings. The zero-order valence-corrected chi connectivity index (χ0v) is 19.8. The predicted molar refractivity (Wildman–Crippen MR) is 127 cm³/mol. The topological polar surface area (TPSA) is 63.7 Å². The lowest BCUT2D eigenvalue weighted by atomic mass is 10.1. The van der Waals surface area contributed by atoms with Crippen LogP contribution in [-0.2, 0) is 14.8 Å². The quantitative estimate of drug-likeness (QED) is 0.419. The van der Waals surface area contributed by atoms with Crippen LogP contribution in [0.2, 0.25) is 0 Å². The summed E-state index contributed by atoms with van der Waals surface area (Å²) in [5.41, 5.74) is 2.66. The van der Waals surface area contributed by atoms with Gasteiger partial charge in [-0.2, -0.15) is 4.31 Å². The average molecular weight is 500 g/mol. The number of nitrogens with zero attached hydrogens (tertiary/aromatic N) is 1. The van der Waals surface area contributed by atoms with Gasteiger partial charge in [-0.1, -0.05) is 36.4 Å². The molecule has 0 atom stereocenters. The monoisotopic (exact) mass is 499 g/mol. The molecular formula is C24H22BrNO4S. The van der Waals surface area contributed by atoms with Crippen LogP contribution in [0.25, 0.3) is 6.08 Å². The molecule has 7 heteroatoms. The van der Waals surface area contributed by atoms with E-state index in [1.165, 1.54) is 18.2 Å². The van der Waals surface area contributed by atoms with Crippen LogP contribution in [0, 0.1) is 13.8 Å². The van der Waals surface area contributed by atoms with Crippen LogP contribution < -0.4 is 9.04 Å². The first kappa shape index (κ1) is 22.8. The molecule has 0 saturated carbocycles. The second-order valence-corrected chi connectivity index (χ2v) is 9.51. The van der Waals surface area contributed by atoms with E-state index in [1.54, 1.807) is 68.6 Å². The zero-order valence-electron chi connectivity index (χ0n) is 17.4. The van der Waals surface area contributed by atoms with E-state index in [4.69, 9.17) is 4.74 Å². The molecule has 5 nitrogen and oxygen atoms in total. The summed E-state index contributed by atoms with van der Waals surface area (Å²) in [6.45, 7) is 3.68. The molecule has 3 rings (SSSR count). The molecule has 0 aromatic heterocycles. The van der Waals surface area contributed by atoms with Gasteiger partial charge in [-0.3, -0.25) is 4.79 Å². The maximum absolute atomic E-state index is 13.4. The van der Waals surface area contributed by atoms with Crippen LogP contribution >= 0.6 is 15.9 Å². The molecule has 0 radical (unpaired) electrons. The van der Waals surface area contributed by atoms with Gasteiger partial charge in [-0.15, -0.1) is 0 Å². The number of carbonyl (C=O) groups excluding carboxylic acids is 1. The summed E-state index contributed by atoms with van der Waals surface area (Å²) in [5.74, 6) is -0.00311. The standard InChI is InChI=1S/C24H22BrNO4S/c1-17-8-7-11-22(18(17)2)26(31(28,29)20-9-5-4-6-10-20)24(27)15-13-19-12-14-23(30-3)21(25)16-19/h4-16H,1-3H3/b15-13+. The van der Waals surface area contributed by atoms with Gasteiger partial charge < -0.3 is 4.74 Å². The Morgan fingerprint density at radius 3 is 2.35 bits per heavy atom. The fourth-order valence-electron chi connectivity index (χ4n) is 3.04. The minimum absolute atomic E-state index is 0.0462. The zero-order chi connectivity index (χ0) is 22.6. The molecule has 3 aromatic carbocycles. The van der Waals surface area contributed by atoms with Crippen LogP contribution in [-0.4, -0.2) is 21.4 Å². The number of methoxy groups -OCH3 is 1. The third-order valence-corrected chi connectivity index (χ3v) is 7.22. The minimum Gasteiger partial charge on any atom is -0.496 e. The third-order valence-electron chi connectivity index (χ3n) is 4.87. The van der Waals surface area contributed by atoms with Gasteiger partial charge in [0.1, 0.15) is 5.75 Å². The first-order chi connectivity index (χ1) is 14.8. The van der Waals surface area contributed by atoms with Crippen molar-refractivity contribution in [1.29, 1.82) is 0 Å². The molecule has 0 aliphatic carbocycles. The van der Waals surface area contributed by atoms with Gasteiger partial charge in [-0.25, -0.2) is 8.42 Å². The number of benzene rings is 3. The van der Waals surface area contributed by atoms with Gasteiger partial charge in [0.25, 0.3) is 15.9 Å². The van der Waals surface area contributed by atoms with Gasteiger partial charge in [0.05, 0.1) is 22.2 Å². The van der Waals surface area contributed by atoms with Gasteiger partial charge in [0.15, 0.2) is 0 Å². The number of ether oxygens (including phenoxy) is 1. The summed E-state index contributed by atoms with van der Waals surface area (Å²) in [6.07, 6.45) is 2.84. The van der Waals surface area contributed by atoms with Crippen molar-refractivity contribution < 1.29 is 17.9 Å². The van der Waals surface area contributed by atoms with Crippen LogP contribution in [0.4, 0.5) is 5.69 Å².